The van der Waals surface area contributed by atoms with Gasteiger partial charge in [-0.1, -0.05) is 47.5 Å². The fourth-order valence-electron chi connectivity index (χ4n) is 3.46. The van der Waals surface area contributed by atoms with Crippen molar-refractivity contribution in [1.29, 1.82) is 0 Å². The second-order valence-corrected chi connectivity index (χ2v) is 6.32. The van der Waals surface area contributed by atoms with Crippen molar-refractivity contribution < 1.29 is 0 Å². The van der Waals surface area contributed by atoms with Crippen LogP contribution >= 0.6 is 23.2 Å². The number of allylic oxidation sites excluding steroid dienone is 2. The third-order valence-electron chi connectivity index (χ3n) is 4.27. The first-order chi connectivity index (χ1) is 10.1. The molecule has 1 aliphatic carbocycles. The summed E-state index contributed by atoms with van der Waals surface area (Å²) >= 11 is 12.5. The fraction of sp³-hybridized carbons (Fsp3) is 0.158. The topological polar surface area (TPSA) is 0 Å². The van der Waals surface area contributed by atoms with E-state index in [0.717, 1.165) is 22.9 Å². The Hall–Kier alpha value is -1.50. The van der Waals surface area contributed by atoms with Crippen LogP contribution < -0.4 is 0 Å². The minimum absolute atomic E-state index is 0.163. The summed E-state index contributed by atoms with van der Waals surface area (Å²) in [5.41, 5.74) is 4.79. The molecule has 1 aliphatic rings. The molecule has 2 heteroatoms. The largest absolute Gasteiger partial charge is 0.103 e. The Bertz CT molecular complexity index is 665. The highest BCUT2D eigenvalue weighted by molar-refractivity contribution is 6.31. The maximum Gasteiger partial charge on any atom is 0.0409 e. The van der Waals surface area contributed by atoms with Gasteiger partial charge in [0.15, 0.2) is 0 Å². The molecule has 0 aliphatic heterocycles. The van der Waals surface area contributed by atoms with Crippen molar-refractivity contribution in [3.63, 3.8) is 0 Å². The normalized spacial score (nSPS) is 14.4. The van der Waals surface area contributed by atoms with Crippen molar-refractivity contribution in [2.24, 2.45) is 0 Å². The molecule has 0 nitrogen and oxygen atoms in total. The van der Waals surface area contributed by atoms with Crippen LogP contribution in [0.5, 0.6) is 0 Å². The second kappa shape index (κ2) is 5.36. The molecule has 0 saturated carbocycles. The molecule has 2 aromatic carbocycles. The third-order valence-corrected chi connectivity index (χ3v) is 4.74. The highest BCUT2D eigenvalue weighted by Crippen LogP contribution is 2.54. The van der Waals surface area contributed by atoms with Crippen LogP contribution in [0.1, 0.15) is 24.0 Å². The highest BCUT2D eigenvalue weighted by atomic mass is 35.5. The highest BCUT2D eigenvalue weighted by Gasteiger charge is 2.41. The molecule has 2 aromatic rings. The van der Waals surface area contributed by atoms with Gasteiger partial charge in [-0.15, -0.1) is 13.2 Å². The van der Waals surface area contributed by atoms with Crippen LogP contribution in [0.4, 0.5) is 0 Å². The first-order valence-corrected chi connectivity index (χ1v) is 7.70. The van der Waals surface area contributed by atoms with Crippen molar-refractivity contribution in [1.82, 2.24) is 0 Å². The standard InChI is InChI=1S/C19H16Cl2/c1-3-9-19(10-4-2)17-11-13(20)5-7-15(17)16-8-6-14(21)12-18(16)19/h3-8,11-12H,1-2,9-10H2. The number of hydrogen-bond donors (Lipinski definition) is 0. The molecule has 0 atom stereocenters. The molecule has 0 aromatic heterocycles. The molecule has 3 rings (SSSR count). The van der Waals surface area contributed by atoms with Crippen LogP contribution in [-0.2, 0) is 5.41 Å². The van der Waals surface area contributed by atoms with Crippen LogP contribution in [0.25, 0.3) is 11.1 Å². The van der Waals surface area contributed by atoms with Crippen molar-refractivity contribution in [3.8, 4) is 11.1 Å². The zero-order valence-corrected chi connectivity index (χ0v) is 13.2. The summed E-state index contributed by atoms with van der Waals surface area (Å²) in [5.74, 6) is 0. The zero-order valence-electron chi connectivity index (χ0n) is 11.7. The van der Waals surface area contributed by atoms with Crippen LogP contribution in [0, 0.1) is 0 Å². The predicted octanol–water partition coefficient (Wildman–Crippen LogP) is 6.41. The van der Waals surface area contributed by atoms with Gasteiger partial charge in [0.2, 0.25) is 0 Å². The minimum atomic E-state index is -0.163. The van der Waals surface area contributed by atoms with Crippen molar-refractivity contribution in [2.45, 2.75) is 18.3 Å². The second-order valence-electron chi connectivity index (χ2n) is 5.45. The molecule has 0 saturated heterocycles. The van der Waals surface area contributed by atoms with Crippen LogP contribution in [0.15, 0.2) is 61.7 Å². The van der Waals surface area contributed by atoms with Gasteiger partial charge in [-0.05, 0) is 59.4 Å². The van der Waals surface area contributed by atoms with Gasteiger partial charge in [0.25, 0.3) is 0 Å². The molecule has 0 fully saturated rings. The first-order valence-electron chi connectivity index (χ1n) is 6.94. The Labute approximate surface area is 135 Å². The lowest BCUT2D eigenvalue weighted by Crippen LogP contribution is -2.23. The SMILES string of the molecule is C=CCC1(CC=C)c2cc(Cl)ccc2-c2ccc(Cl)cc21. The van der Waals surface area contributed by atoms with Crippen molar-refractivity contribution in [2.75, 3.05) is 0 Å². The molecule has 0 amide bonds. The molecule has 0 bridgehead atoms. The maximum absolute atomic E-state index is 6.25. The fourth-order valence-corrected chi connectivity index (χ4v) is 3.80. The Balaban J connectivity index is 2.37. The number of halogens is 2. The van der Waals surface area contributed by atoms with E-state index in [1.165, 1.54) is 22.3 Å². The van der Waals surface area contributed by atoms with Gasteiger partial charge >= 0.3 is 0 Å². The summed E-state index contributed by atoms with van der Waals surface area (Å²) in [6, 6.07) is 12.2. The smallest absolute Gasteiger partial charge is 0.0409 e. The molecule has 0 heterocycles. The van der Waals surface area contributed by atoms with Crippen molar-refractivity contribution in [3.05, 3.63) is 82.9 Å². The van der Waals surface area contributed by atoms with Gasteiger partial charge in [0.1, 0.15) is 0 Å². The summed E-state index contributed by atoms with van der Waals surface area (Å²) < 4.78 is 0. The van der Waals surface area contributed by atoms with Crippen LogP contribution in [-0.4, -0.2) is 0 Å². The van der Waals surface area contributed by atoms with Crippen molar-refractivity contribution >= 4 is 23.2 Å². The Morgan fingerprint density at radius 1 is 0.810 bits per heavy atom. The maximum atomic E-state index is 6.25. The molecule has 0 unspecified atom stereocenters. The molecular weight excluding hydrogens is 299 g/mol. The monoisotopic (exact) mass is 314 g/mol. The molecular formula is C19H16Cl2. The van der Waals surface area contributed by atoms with Gasteiger partial charge in [0, 0.05) is 15.5 Å². The van der Waals surface area contributed by atoms with E-state index in [1.807, 2.05) is 24.3 Å². The third kappa shape index (κ3) is 2.14. The van der Waals surface area contributed by atoms with E-state index in [2.05, 4.69) is 37.4 Å². The van der Waals surface area contributed by atoms with E-state index in [4.69, 9.17) is 23.2 Å². The van der Waals surface area contributed by atoms with E-state index in [0.29, 0.717) is 0 Å². The molecule has 0 radical (unpaired) electrons. The van der Waals surface area contributed by atoms with Crippen LogP contribution in [0.3, 0.4) is 0 Å². The van der Waals surface area contributed by atoms with Gasteiger partial charge in [-0.25, -0.2) is 0 Å². The van der Waals surface area contributed by atoms with Crippen LogP contribution in [0.2, 0.25) is 10.0 Å². The minimum Gasteiger partial charge on any atom is -0.103 e. The number of rotatable bonds is 4. The lowest BCUT2D eigenvalue weighted by atomic mass is 9.73. The van der Waals surface area contributed by atoms with E-state index in [1.54, 1.807) is 0 Å². The van der Waals surface area contributed by atoms with E-state index in [9.17, 15) is 0 Å². The lowest BCUT2D eigenvalue weighted by molar-refractivity contribution is 0.543. The average molecular weight is 315 g/mol. The Morgan fingerprint density at radius 3 is 1.62 bits per heavy atom. The van der Waals surface area contributed by atoms with E-state index >= 15 is 0 Å². The summed E-state index contributed by atoms with van der Waals surface area (Å²) in [6.45, 7) is 7.88. The molecule has 106 valence electrons. The Kier molecular flexibility index (Phi) is 3.69. The van der Waals surface area contributed by atoms with Gasteiger partial charge in [-0.2, -0.15) is 0 Å². The number of fused-ring (bicyclic) bond motifs is 3. The summed E-state index contributed by atoms with van der Waals surface area (Å²) in [4.78, 5) is 0. The van der Waals surface area contributed by atoms with Gasteiger partial charge < -0.3 is 0 Å². The van der Waals surface area contributed by atoms with Gasteiger partial charge in [-0.3, -0.25) is 0 Å². The average Bonchev–Trinajstić information content (AvgIpc) is 2.70. The summed E-state index contributed by atoms with van der Waals surface area (Å²) in [6.07, 6.45) is 5.59. The lowest BCUT2D eigenvalue weighted by Gasteiger charge is -2.30. The zero-order chi connectivity index (χ0) is 15.0. The summed E-state index contributed by atoms with van der Waals surface area (Å²) in [5, 5.41) is 1.51. The molecule has 0 N–H and O–H groups in total. The summed E-state index contributed by atoms with van der Waals surface area (Å²) in [7, 11) is 0. The predicted molar refractivity (Wildman–Crippen MR) is 92.3 cm³/mol. The quantitative estimate of drug-likeness (QED) is 0.572. The van der Waals surface area contributed by atoms with E-state index in [-0.39, 0.29) is 5.41 Å². The van der Waals surface area contributed by atoms with E-state index < -0.39 is 0 Å². The molecule has 21 heavy (non-hydrogen) atoms. The first kappa shape index (κ1) is 14.4. The number of hydrogen-bond acceptors (Lipinski definition) is 0. The molecule has 0 spiro atoms. The number of benzene rings is 2. The van der Waals surface area contributed by atoms with Gasteiger partial charge in [0.05, 0.1) is 0 Å². The Morgan fingerprint density at radius 2 is 1.24 bits per heavy atom.